The Morgan fingerprint density at radius 3 is 0.632 bits per heavy atom. The van der Waals surface area contributed by atoms with E-state index in [1.165, 1.54) is 0 Å². The number of rotatable bonds is 16. The molecule has 16 heteroatoms. The molecule has 0 saturated heterocycles. The molecule has 0 saturated carbocycles. The third-order valence-corrected chi connectivity index (χ3v) is 9.47. The summed E-state index contributed by atoms with van der Waals surface area (Å²) in [6, 6.07) is 37.6. The van der Waals surface area contributed by atoms with Gasteiger partial charge in [0.15, 0.2) is 0 Å². The highest BCUT2D eigenvalue weighted by molar-refractivity contribution is 7.81. The second-order valence-electron chi connectivity index (χ2n) is 12.2. The van der Waals surface area contributed by atoms with Gasteiger partial charge in [0.1, 0.15) is 0 Å². The number of aliphatic hydroxyl groups is 4. The highest BCUT2D eigenvalue weighted by atomic mass is 32.1. The zero-order valence-electron chi connectivity index (χ0n) is 31.0. The molecule has 0 aromatic heterocycles. The van der Waals surface area contributed by atoms with Crippen molar-refractivity contribution in [2.45, 2.75) is 46.7 Å². The fourth-order valence-corrected chi connectivity index (χ4v) is 5.45. The highest BCUT2D eigenvalue weighted by Gasteiger charge is 2.26. The van der Waals surface area contributed by atoms with Crippen molar-refractivity contribution in [3.05, 3.63) is 144 Å². The molecule has 0 aliphatic heterocycles. The minimum atomic E-state index is -1.11. The van der Waals surface area contributed by atoms with Gasteiger partial charge in [0.25, 0.3) is 0 Å². The average molecular weight is 865 g/mol. The molecule has 0 radical (unpaired) electrons. The lowest BCUT2D eigenvalue weighted by Gasteiger charge is -2.23. The van der Waals surface area contributed by atoms with Gasteiger partial charge in [-0.3, -0.25) is 19.2 Å². The minimum absolute atomic E-state index is 0.0626. The molecule has 57 heavy (non-hydrogen) atoms. The van der Waals surface area contributed by atoms with Crippen LogP contribution in [0.25, 0.3) is 0 Å². The first-order valence-electron chi connectivity index (χ1n) is 17.3. The maximum Gasteiger partial charge on any atom is 0.304 e. The van der Waals surface area contributed by atoms with Crippen molar-refractivity contribution >= 4 is 74.4 Å². The van der Waals surface area contributed by atoms with Crippen LogP contribution in [0.2, 0.25) is 0 Å². The van der Waals surface area contributed by atoms with E-state index in [9.17, 15) is 19.2 Å². The fourth-order valence-electron chi connectivity index (χ4n) is 4.13. The van der Waals surface area contributed by atoms with Gasteiger partial charge in [0, 0.05) is 21.0 Å². The van der Waals surface area contributed by atoms with Crippen LogP contribution in [0.15, 0.2) is 121 Å². The molecule has 0 spiro atoms. The molecule has 4 rings (SSSR count). The molecule has 0 heterocycles. The van der Waals surface area contributed by atoms with E-state index in [2.05, 4.69) is 50.5 Å². The van der Waals surface area contributed by atoms with E-state index in [0.717, 1.165) is 22.3 Å². The number of carbonyl (C=O) groups is 4. The van der Waals surface area contributed by atoms with Crippen LogP contribution in [-0.2, 0) is 19.2 Å². The van der Waals surface area contributed by atoms with Crippen LogP contribution in [0.5, 0.6) is 0 Å². The molecule has 12 nitrogen and oxygen atoms in total. The van der Waals surface area contributed by atoms with E-state index in [-0.39, 0.29) is 46.7 Å². The van der Waals surface area contributed by atoms with Gasteiger partial charge in [-0.15, -0.1) is 0 Å². The lowest BCUT2D eigenvalue weighted by Crippen LogP contribution is -2.37. The van der Waals surface area contributed by atoms with Crippen LogP contribution in [0.1, 0.15) is 68.9 Å². The van der Waals surface area contributed by atoms with E-state index in [1.54, 1.807) is 0 Å². The molecule has 0 bridgehead atoms. The Kier molecular flexibility index (Phi) is 28.9. The number of carboxylic acids is 4. The monoisotopic (exact) mass is 864 g/mol. The topological polar surface area (TPSA) is 230 Å². The Morgan fingerprint density at radius 2 is 0.526 bits per heavy atom. The predicted molar refractivity (Wildman–Crippen MR) is 232 cm³/mol. The number of thiol groups is 4. The van der Waals surface area contributed by atoms with Crippen molar-refractivity contribution in [2.75, 3.05) is 26.4 Å². The van der Waals surface area contributed by atoms with Gasteiger partial charge in [-0.25, -0.2) is 0 Å². The lowest BCUT2D eigenvalue weighted by molar-refractivity contribution is -0.138. The van der Waals surface area contributed by atoms with Gasteiger partial charge >= 0.3 is 23.9 Å². The molecule has 4 aromatic rings. The largest absolute Gasteiger partial charge is 0.481 e. The molecule has 0 aliphatic rings. The van der Waals surface area contributed by atoms with Crippen LogP contribution in [0, 0.1) is 5.41 Å². The first-order valence-corrected chi connectivity index (χ1v) is 19.3. The SMILES string of the molecule is O=C(O)CC(S)c1ccccc1.O=C(O)CC(S)c1ccccc1.O=C(O)CC(S)c1ccccc1.O=C(O)CC(S)c1ccccc1.OCC(CO)(CO)CO. The Labute approximate surface area is 354 Å². The summed E-state index contributed by atoms with van der Waals surface area (Å²) in [5.41, 5.74) is 2.68. The first kappa shape index (κ1) is 53.0. The summed E-state index contributed by atoms with van der Waals surface area (Å²) in [6.45, 7) is -1.62. The number of carboxylic acid groups (broad SMARTS) is 4. The van der Waals surface area contributed by atoms with Crippen molar-refractivity contribution in [2.24, 2.45) is 5.41 Å². The lowest BCUT2D eigenvalue weighted by atomic mass is 9.93. The maximum absolute atomic E-state index is 10.3. The zero-order valence-corrected chi connectivity index (χ0v) is 34.6. The number of hydrogen-bond acceptors (Lipinski definition) is 12. The van der Waals surface area contributed by atoms with Gasteiger partial charge in [0.2, 0.25) is 0 Å². The quantitative estimate of drug-likeness (QED) is 0.0544. The molecule has 0 aliphatic carbocycles. The highest BCUT2D eigenvalue weighted by Crippen LogP contribution is 2.25. The van der Waals surface area contributed by atoms with Crippen molar-refractivity contribution < 1.29 is 60.0 Å². The molecule has 4 atom stereocenters. The van der Waals surface area contributed by atoms with Gasteiger partial charge in [-0.1, -0.05) is 121 Å². The van der Waals surface area contributed by atoms with Crippen LogP contribution >= 0.6 is 50.5 Å². The third-order valence-electron chi connectivity index (χ3n) is 7.55. The smallest absolute Gasteiger partial charge is 0.304 e. The second-order valence-corrected chi connectivity index (χ2v) is 14.7. The maximum atomic E-state index is 10.3. The summed E-state index contributed by atoms with van der Waals surface area (Å²) in [4.78, 5) is 41.3. The number of aliphatic hydroxyl groups excluding tert-OH is 4. The van der Waals surface area contributed by atoms with E-state index in [1.807, 2.05) is 121 Å². The van der Waals surface area contributed by atoms with Crippen molar-refractivity contribution in [3.63, 3.8) is 0 Å². The molecule has 0 amide bonds. The van der Waals surface area contributed by atoms with E-state index in [0.29, 0.717) is 0 Å². The normalized spacial score (nSPS) is 12.4. The van der Waals surface area contributed by atoms with Gasteiger partial charge in [0.05, 0.1) is 57.5 Å². The van der Waals surface area contributed by atoms with Crippen molar-refractivity contribution in [3.8, 4) is 0 Å². The Morgan fingerprint density at radius 1 is 0.368 bits per heavy atom. The molecule has 8 N–H and O–H groups in total. The fraction of sp³-hybridized carbons (Fsp3) is 0.317. The van der Waals surface area contributed by atoms with Crippen LogP contribution in [0.4, 0.5) is 0 Å². The van der Waals surface area contributed by atoms with Crippen LogP contribution in [-0.4, -0.2) is 91.2 Å². The van der Waals surface area contributed by atoms with E-state index in [4.69, 9.17) is 40.9 Å². The third kappa shape index (κ3) is 25.1. The zero-order chi connectivity index (χ0) is 43.2. The van der Waals surface area contributed by atoms with E-state index >= 15 is 0 Å². The van der Waals surface area contributed by atoms with Crippen molar-refractivity contribution in [1.82, 2.24) is 0 Å². The minimum Gasteiger partial charge on any atom is -0.481 e. The number of hydrogen-bond donors (Lipinski definition) is 12. The van der Waals surface area contributed by atoms with Gasteiger partial charge in [-0.05, 0) is 22.3 Å². The summed E-state index contributed by atoms with van der Waals surface area (Å²) < 4.78 is 0. The number of aliphatic carboxylic acids is 4. The van der Waals surface area contributed by atoms with E-state index < -0.39 is 55.7 Å². The molecule has 0 fully saturated rings. The molecule has 4 unspecified atom stereocenters. The summed E-state index contributed by atoms with van der Waals surface area (Å²) >= 11 is 16.7. The molecule has 312 valence electrons. The van der Waals surface area contributed by atoms with Crippen molar-refractivity contribution in [1.29, 1.82) is 0 Å². The molecular formula is C41H52O12S4. The van der Waals surface area contributed by atoms with Gasteiger partial charge < -0.3 is 40.9 Å². The summed E-state index contributed by atoms with van der Waals surface area (Å²) in [7, 11) is 0. The van der Waals surface area contributed by atoms with Gasteiger partial charge in [-0.2, -0.15) is 50.5 Å². The Hall–Kier alpha value is -4.00. The average Bonchev–Trinajstić information content (AvgIpc) is 3.20. The Bertz CT molecular complexity index is 1420. The van der Waals surface area contributed by atoms with Crippen LogP contribution in [0.3, 0.4) is 0 Å². The molecule has 4 aromatic carbocycles. The Balaban J connectivity index is 0.000000691. The first-order chi connectivity index (χ1) is 27.0. The standard InChI is InChI=1S/4C9H10O2S.C5H12O4/c4*10-9(11)6-8(12)7-4-2-1-3-5-7;6-1-5(2-7,3-8)4-9/h4*1-5,8,12H,6H2,(H,10,11);6-9H,1-4H2. The molecular weight excluding hydrogens is 813 g/mol. The summed E-state index contributed by atoms with van der Waals surface area (Å²) in [5, 5.41) is 67.2. The predicted octanol–water partition coefficient (Wildman–Crippen LogP) is 6.47. The number of benzene rings is 4. The summed E-state index contributed by atoms with van der Waals surface area (Å²) in [5.74, 6) is -3.28. The second kappa shape index (κ2) is 31.0. The summed E-state index contributed by atoms with van der Waals surface area (Å²) in [6.07, 6.45) is 0.250. The van der Waals surface area contributed by atoms with Crippen LogP contribution < -0.4 is 0 Å².